The smallest absolute Gasteiger partial charge is 0.258 e. The summed E-state index contributed by atoms with van der Waals surface area (Å²) in [6, 6.07) is 8.99. The molecule has 98 valence electrons. The molecule has 1 amide bonds. The molecule has 0 unspecified atom stereocenters. The first-order valence-corrected chi connectivity index (χ1v) is 6.52. The summed E-state index contributed by atoms with van der Waals surface area (Å²) >= 11 is 5.95. The molecule has 2 heterocycles. The number of fused-ring (bicyclic) bond motifs is 1. The molecule has 1 aromatic heterocycles. The summed E-state index contributed by atoms with van der Waals surface area (Å²) < 4.78 is 0. The van der Waals surface area contributed by atoms with Gasteiger partial charge >= 0.3 is 0 Å². The lowest BCUT2D eigenvalue weighted by Crippen LogP contribution is -2.37. The molecule has 0 fully saturated rings. The second-order valence-corrected chi connectivity index (χ2v) is 4.99. The highest BCUT2D eigenvalue weighted by Crippen LogP contribution is 2.26. The molecule has 0 bridgehead atoms. The van der Waals surface area contributed by atoms with Gasteiger partial charge in [-0.3, -0.25) is 9.78 Å². The van der Waals surface area contributed by atoms with Crippen molar-refractivity contribution in [3.05, 3.63) is 58.4 Å². The fourth-order valence-corrected chi connectivity index (χ4v) is 2.53. The molecular formula is C15H10ClN3O. The van der Waals surface area contributed by atoms with E-state index in [1.54, 1.807) is 29.3 Å². The molecule has 0 atom stereocenters. The van der Waals surface area contributed by atoms with E-state index >= 15 is 0 Å². The first-order valence-electron chi connectivity index (χ1n) is 6.14. The SMILES string of the molecule is N#Cc1cncc(N2CCc3cc(Cl)ccc3C2=O)c1. The van der Waals surface area contributed by atoms with E-state index in [0.717, 1.165) is 12.0 Å². The van der Waals surface area contributed by atoms with Crippen molar-refractivity contribution in [3.8, 4) is 6.07 Å². The molecule has 2 aromatic rings. The second-order valence-electron chi connectivity index (χ2n) is 4.55. The summed E-state index contributed by atoms with van der Waals surface area (Å²) in [5, 5.41) is 9.54. The lowest BCUT2D eigenvalue weighted by atomic mass is 9.98. The fourth-order valence-electron chi connectivity index (χ4n) is 2.34. The minimum absolute atomic E-state index is 0.0835. The highest BCUT2D eigenvalue weighted by Gasteiger charge is 2.25. The van der Waals surface area contributed by atoms with Crippen LogP contribution in [0.1, 0.15) is 21.5 Å². The Morgan fingerprint density at radius 1 is 1.30 bits per heavy atom. The average Bonchev–Trinajstić information content (AvgIpc) is 2.47. The van der Waals surface area contributed by atoms with Gasteiger partial charge in [0.25, 0.3) is 5.91 Å². The van der Waals surface area contributed by atoms with Crippen LogP contribution in [0, 0.1) is 11.3 Å². The van der Waals surface area contributed by atoms with Gasteiger partial charge in [-0.1, -0.05) is 11.6 Å². The number of halogens is 1. The maximum atomic E-state index is 12.5. The van der Waals surface area contributed by atoms with E-state index < -0.39 is 0 Å². The number of aromatic nitrogens is 1. The first-order chi connectivity index (χ1) is 9.69. The summed E-state index contributed by atoms with van der Waals surface area (Å²) in [6.45, 7) is 0.558. The minimum Gasteiger partial charge on any atom is -0.306 e. The number of hydrogen-bond acceptors (Lipinski definition) is 3. The standard InChI is InChI=1S/C15H10ClN3O/c16-12-1-2-14-11(6-12)3-4-19(15(14)20)13-5-10(7-17)8-18-9-13/h1-2,5-6,8-9H,3-4H2. The average molecular weight is 284 g/mol. The Hall–Kier alpha value is -2.38. The van der Waals surface area contributed by atoms with Crippen LogP contribution in [0.25, 0.3) is 0 Å². The van der Waals surface area contributed by atoms with Crippen LogP contribution >= 0.6 is 11.6 Å². The molecule has 5 heteroatoms. The quantitative estimate of drug-likeness (QED) is 0.808. The zero-order valence-corrected chi connectivity index (χ0v) is 11.3. The number of amides is 1. The number of nitrogens with zero attached hydrogens (tertiary/aromatic N) is 3. The van der Waals surface area contributed by atoms with Crippen LogP contribution in [0.2, 0.25) is 5.02 Å². The molecule has 1 aliphatic heterocycles. The summed E-state index contributed by atoms with van der Waals surface area (Å²) in [6.07, 6.45) is 3.81. The third-order valence-corrected chi connectivity index (χ3v) is 3.55. The Labute approximate surface area is 121 Å². The lowest BCUT2D eigenvalue weighted by molar-refractivity contribution is 0.0980. The number of nitriles is 1. The molecule has 0 saturated carbocycles. The predicted octanol–water partition coefficient (Wildman–Crippen LogP) is 2.81. The summed E-state index contributed by atoms with van der Waals surface area (Å²) in [4.78, 5) is 18.1. The van der Waals surface area contributed by atoms with E-state index in [1.807, 2.05) is 12.1 Å². The maximum absolute atomic E-state index is 12.5. The van der Waals surface area contributed by atoms with E-state index in [1.165, 1.54) is 6.20 Å². The van der Waals surface area contributed by atoms with Crippen molar-refractivity contribution in [1.29, 1.82) is 5.26 Å². The van der Waals surface area contributed by atoms with Crippen LogP contribution in [0.5, 0.6) is 0 Å². The molecule has 0 N–H and O–H groups in total. The molecule has 0 saturated heterocycles. The van der Waals surface area contributed by atoms with Crippen LogP contribution in [0.4, 0.5) is 5.69 Å². The molecule has 1 aromatic carbocycles. The molecule has 3 rings (SSSR count). The van der Waals surface area contributed by atoms with Gasteiger partial charge in [-0.15, -0.1) is 0 Å². The number of pyridine rings is 1. The number of carbonyl (C=O) groups is 1. The monoisotopic (exact) mass is 283 g/mol. The molecule has 4 nitrogen and oxygen atoms in total. The normalized spacial score (nSPS) is 13.8. The number of anilines is 1. The zero-order chi connectivity index (χ0) is 14.1. The van der Waals surface area contributed by atoms with Crippen LogP contribution in [-0.2, 0) is 6.42 Å². The number of benzene rings is 1. The van der Waals surface area contributed by atoms with Crippen molar-refractivity contribution in [2.75, 3.05) is 11.4 Å². The Balaban J connectivity index is 2.00. The van der Waals surface area contributed by atoms with Gasteiger partial charge in [-0.2, -0.15) is 5.26 Å². The molecule has 0 aliphatic carbocycles. The topological polar surface area (TPSA) is 57.0 Å². The van der Waals surface area contributed by atoms with Gasteiger partial charge in [0, 0.05) is 23.3 Å². The van der Waals surface area contributed by atoms with Gasteiger partial charge in [0.2, 0.25) is 0 Å². The first kappa shape index (κ1) is 12.6. The fraction of sp³-hybridized carbons (Fsp3) is 0.133. The van der Waals surface area contributed by atoms with Crippen molar-refractivity contribution >= 4 is 23.2 Å². The van der Waals surface area contributed by atoms with Gasteiger partial charge in [-0.25, -0.2) is 0 Å². The van der Waals surface area contributed by atoms with Gasteiger partial charge in [0.05, 0.1) is 17.4 Å². The van der Waals surface area contributed by atoms with Crippen LogP contribution in [0.15, 0.2) is 36.7 Å². The third kappa shape index (κ3) is 2.13. The second kappa shape index (κ2) is 4.95. The Morgan fingerprint density at radius 3 is 2.95 bits per heavy atom. The van der Waals surface area contributed by atoms with Gasteiger partial charge in [-0.05, 0) is 36.2 Å². The van der Waals surface area contributed by atoms with Crippen LogP contribution in [-0.4, -0.2) is 17.4 Å². The summed E-state index contributed by atoms with van der Waals surface area (Å²) in [5.74, 6) is -0.0835. The van der Waals surface area contributed by atoms with E-state index in [4.69, 9.17) is 16.9 Å². The minimum atomic E-state index is -0.0835. The zero-order valence-electron chi connectivity index (χ0n) is 10.5. The van der Waals surface area contributed by atoms with E-state index in [-0.39, 0.29) is 5.91 Å². The molecule has 0 radical (unpaired) electrons. The lowest BCUT2D eigenvalue weighted by Gasteiger charge is -2.28. The van der Waals surface area contributed by atoms with E-state index in [9.17, 15) is 4.79 Å². The Bertz CT molecular complexity index is 736. The van der Waals surface area contributed by atoms with Gasteiger partial charge in [0.1, 0.15) is 6.07 Å². The van der Waals surface area contributed by atoms with Gasteiger partial charge in [0.15, 0.2) is 0 Å². The van der Waals surface area contributed by atoms with E-state index in [2.05, 4.69) is 4.98 Å². The molecular weight excluding hydrogens is 274 g/mol. The molecule has 0 spiro atoms. The van der Waals surface area contributed by atoms with Gasteiger partial charge < -0.3 is 4.90 Å². The Kier molecular flexibility index (Phi) is 3.13. The van der Waals surface area contributed by atoms with Crippen molar-refractivity contribution in [2.24, 2.45) is 0 Å². The number of carbonyl (C=O) groups excluding carboxylic acids is 1. The van der Waals surface area contributed by atoms with Crippen LogP contribution < -0.4 is 4.90 Å². The van der Waals surface area contributed by atoms with E-state index in [0.29, 0.717) is 28.4 Å². The predicted molar refractivity (Wildman–Crippen MR) is 75.8 cm³/mol. The number of hydrogen-bond donors (Lipinski definition) is 0. The largest absolute Gasteiger partial charge is 0.306 e. The summed E-state index contributed by atoms with van der Waals surface area (Å²) in [7, 11) is 0. The van der Waals surface area contributed by atoms with Crippen molar-refractivity contribution in [3.63, 3.8) is 0 Å². The molecule has 20 heavy (non-hydrogen) atoms. The van der Waals surface area contributed by atoms with Crippen molar-refractivity contribution in [1.82, 2.24) is 4.98 Å². The highest BCUT2D eigenvalue weighted by atomic mass is 35.5. The maximum Gasteiger partial charge on any atom is 0.258 e. The summed E-state index contributed by atoms with van der Waals surface area (Å²) in [5.41, 5.74) is 2.71. The Morgan fingerprint density at radius 2 is 2.15 bits per heavy atom. The highest BCUT2D eigenvalue weighted by molar-refractivity contribution is 6.30. The van der Waals surface area contributed by atoms with Crippen molar-refractivity contribution < 1.29 is 4.79 Å². The third-order valence-electron chi connectivity index (χ3n) is 3.31. The number of rotatable bonds is 1. The van der Waals surface area contributed by atoms with Crippen LogP contribution in [0.3, 0.4) is 0 Å². The molecule has 1 aliphatic rings. The van der Waals surface area contributed by atoms with Crippen molar-refractivity contribution in [2.45, 2.75) is 6.42 Å².